The van der Waals surface area contributed by atoms with Crippen LogP contribution in [0.4, 0.5) is 5.69 Å². The van der Waals surface area contributed by atoms with Crippen molar-refractivity contribution in [2.75, 3.05) is 24.2 Å². The minimum atomic E-state index is -3.35. The molecule has 0 radical (unpaired) electrons. The average Bonchev–Trinajstić information content (AvgIpc) is 3.29. The number of ether oxygens (including phenoxy) is 1. The smallest absolute Gasteiger partial charge is 0.266 e. The number of benzene rings is 2. The van der Waals surface area contributed by atoms with Crippen LogP contribution in [0.1, 0.15) is 29.3 Å². The Morgan fingerprint density at radius 3 is 2.54 bits per heavy atom. The maximum Gasteiger partial charge on any atom is 0.266 e. The van der Waals surface area contributed by atoms with Crippen molar-refractivity contribution in [3.05, 3.63) is 76.1 Å². The second kappa shape index (κ2) is 9.91. The van der Waals surface area contributed by atoms with Crippen LogP contribution in [-0.4, -0.2) is 50.1 Å². The zero-order chi connectivity index (χ0) is 25.2. The maximum absolute atomic E-state index is 13.0. The summed E-state index contributed by atoms with van der Waals surface area (Å²) in [5, 5.41) is 7.47. The highest BCUT2D eigenvalue weighted by molar-refractivity contribution is 7.92. The van der Waals surface area contributed by atoms with E-state index in [9.17, 15) is 18.0 Å². The van der Waals surface area contributed by atoms with Gasteiger partial charge in [-0.05, 0) is 66.9 Å². The summed E-state index contributed by atoms with van der Waals surface area (Å²) >= 11 is 0. The number of fused-ring (bicyclic) bond motifs is 1. The van der Waals surface area contributed by atoms with Gasteiger partial charge in [-0.3, -0.25) is 13.9 Å². The van der Waals surface area contributed by atoms with Crippen LogP contribution in [0.3, 0.4) is 0 Å². The summed E-state index contributed by atoms with van der Waals surface area (Å²) in [6, 6.07) is 15.2. The van der Waals surface area contributed by atoms with E-state index in [2.05, 4.69) is 10.4 Å². The summed E-state index contributed by atoms with van der Waals surface area (Å²) in [5.41, 5.74) is 3.11. The highest BCUT2D eigenvalue weighted by Crippen LogP contribution is 2.30. The number of carbonyl (C=O) groups excluding carboxylic acids is 1. The van der Waals surface area contributed by atoms with Gasteiger partial charge in [0, 0.05) is 29.8 Å². The molecule has 0 fully saturated rings. The van der Waals surface area contributed by atoms with Gasteiger partial charge >= 0.3 is 0 Å². The predicted molar refractivity (Wildman–Crippen MR) is 134 cm³/mol. The largest absolute Gasteiger partial charge is 0.497 e. The molecule has 0 saturated heterocycles. The molecule has 1 N–H and O–H groups in total. The van der Waals surface area contributed by atoms with Gasteiger partial charge in [-0.15, -0.1) is 0 Å². The van der Waals surface area contributed by atoms with Gasteiger partial charge in [-0.1, -0.05) is 6.92 Å². The first-order valence-electron chi connectivity index (χ1n) is 11.3. The average molecular weight is 497 g/mol. The molecular weight excluding hydrogens is 468 g/mol. The van der Waals surface area contributed by atoms with Crippen molar-refractivity contribution in [2.24, 2.45) is 0 Å². The molecule has 10 heteroatoms. The summed E-state index contributed by atoms with van der Waals surface area (Å²) < 4.78 is 31.8. The molecule has 1 aliphatic heterocycles. The van der Waals surface area contributed by atoms with E-state index in [1.165, 1.54) is 21.3 Å². The predicted octanol–water partition coefficient (Wildman–Crippen LogP) is 2.45. The van der Waals surface area contributed by atoms with Crippen LogP contribution in [0, 0.1) is 0 Å². The lowest BCUT2D eigenvalue weighted by Crippen LogP contribution is -2.40. The number of nitrogens with zero attached hydrogens (tertiary/aromatic N) is 3. The number of hydrogen-bond donors (Lipinski definition) is 1. The minimum Gasteiger partial charge on any atom is -0.497 e. The fourth-order valence-corrected chi connectivity index (χ4v) is 5.07. The number of hydrogen-bond acceptors (Lipinski definition) is 6. The Hall–Kier alpha value is -3.66. The highest BCUT2D eigenvalue weighted by atomic mass is 32.2. The maximum atomic E-state index is 13.0. The van der Waals surface area contributed by atoms with Gasteiger partial charge in [-0.2, -0.15) is 5.10 Å². The molecule has 4 rings (SSSR count). The Morgan fingerprint density at radius 2 is 1.89 bits per heavy atom. The van der Waals surface area contributed by atoms with Gasteiger partial charge in [0.05, 0.1) is 31.3 Å². The third-order valence-electron chi connectivity index (χ3n) is 6.07. The van der Waals surface area contributed by atoms with E-state index in [0.717, 1.165) is 16.9 Å². The molecule has 2 aromatic carbocycles. The first kappa shape index (κ1) is 24.5. The Bertz CT molecular complexity index is 1400. The van der Waals surface area contributed by atoms with E-state index in [1.807, 2.05) is 31.2 Å². The lowest BCUT2D eigenvalue weighted by atomic mass is 10.1. The Morgan fingerprint density at radius 1 is 1.14 bits per heavy atom. The number of rotatable bonds is 8. The lowest BCUT2D eigenvalue weighted by molar-refractivity contribution is 0.0930. The number of nitrogens with one attached hydrogen (secondary N) is 1. The monoisotopic (exact) mass is 496 g/mol. The molecule has 1 aromatic heterocycles. The number of sulfonamides is 1. The molecule has 184 valence electrons. The molecule has 1 atom stereocenters. The van der Waals surface area contributed by atoms with E-state index in [0.29, 0.717) is 36.3 Å². The first-order valence-corrected chi connectivity index (χ1v) is 13.2. The molecular formula is C25H28N4O5S. The molecule has 2 heterocycles. The molecule has 0 unspecified atom stereocenters. The van der Waals surface area contributed by atoms with Gasteiger partial charge in [0.1, 0.15) is 5.75 Å². The van der Waals surface area contributed by atoms with Crippen LogP contribution in [0.2, 0.25) is 0 Å². The number of anilines is 1. The minimum absolute atomic E-state index is 0.220. The quantitative estimate of drug-likeness (QED) is 0.513. The van der Waals surface area contributed by atoms with Gasteiger partial charge in [0.2, 0.25) is 10.0 Å². The third-order valence-corrected chi connectivity index (χ3v) is 7.25. The standard InChI is InChI=1S/C25H28N4O5S/c1-4-20(16-28-24(30)12-10-22(27-28)17-5-8-21(34-2)9-6-17)26-25(31)19-7-11-23-18(15-19)13-14-29(23)35(3,32)33/h5-12,15,20H,4,13-14,16H2,1-3H3,(H,26,31)/t20-/m1/s1. The topological polar surface area (TPSA) is 111 Å². The zero-order valence-corrected chi connectivity index (χ0v) is 20.7. The molecule has 1 aliphatic rings. The fourth-order valence-electron chi connectivity index (χ4n) is 4.11. The van der Waals surface area contributed by atoms with Gasteiger partial charge in [0.25, 0.3) is 11.5 Å². The Kier molecular flexibility index (Phi) is 6.93. The van der Waals surface area contributed by atoms with Crippen LogP contribution in [0.15, 0.2) is 59.4 Å². The number of carbonyl (C=O) groups is 1. The van der Waals surface area contributed by atoms with Crippen LogP contribution < -0.4 is 19.9 Å². The fraction of sp³-hybridized carbons (Fsp3) is 0.320. The second-order valence-corrected chi connectivity index (χ2v) is 10.4. The molecule has 0 saturated carbocycles. The van der Waals surface area contributed by atoms with Crippen molar-refractivity contribution >= 4 is 21.6 Å². The van der Waals surface area contributed by atoms with E-state index in [1.54, 1.807) is 31.4 Å². The number of amides is 1. The summed E-state index contributed by atoms with van der Waals surface area (Å²) in [7, 11) is -1.75. The van der Waals surface area contributed by atoms with E-state index >= 15 is 0 Å². The summed E-state index contributed by atoms with van der Waals surface area (Å²) in [5.74, 6) is 0.447. The van der Waals surface area contributed by atoms with Crippen molar-refractivity contribution in [3.8, 4) is 17.0 Å². The first-order chi connectivity index (χ1) is 16.7. The number of aromatic nitrogens is 2. The van der Waals surface area contributed by atoms with Gasteiger partial charge in [0.15, 0.2) is 0 Å². The molecule has 35 heavy (non-hydrogen) atoms. The van der Waals surface area contributed by atoms with Crippen molar-refractivity contribution in [1.29, 1.82) is 0 Å². The van der Waals surface area contributed by atoms with Gasteiger partial charge in [-0.25, -0.2) is 13.1 Å². The molecule has 3 aromatic rings. The van der Waals surface area contributed by atoms with Crippen LogP contribution in [0.5, 0.6) is 5.75 Å². The molecule has 0 bridgehead atoms. The third kappa shape index (κ3) is 5.37. The van der Waals surface area contributed by atoms with Crippen molar-refractivity contribution in [1.82, 2.24) is 15.1 Å². The van der Waals surface area contributed by atoms with Crippen LogP contribution in [-0.2, 0) is 23.0 Å². The molecule has 1 amide bonds. The Labute approximate surface area is 204 Å². The highest BCUT2D eigenvalue weighted by Gasteiger charge is 2.27. The summed E-state index contributed by atoms with van der Waals surface area (Å²) in [6.45, 7) is 2.52. The second-order valence-electron chi connectivity index (χ2n) is 8.47. The lowest BCUT2D eigenvalue weighted by Gasteiger charge is -2.19. The van der Waals surface area contributed by atoms with E-state index in [4.69, 9.17) is 4.74 Å². The molecule has 0 spiro atoms. The molecule has 0 aliphatic carbocycles. The SMILES string of the molecule is CC[C@H](Cn1nc(-c2ccc(OC)cc2)ccc1=O)NC(=O)c1ccc2c(c1)CCN2S(C)(=O)=O. The normalized spacial score (nSPS) is 13.9. The van der Waals surface area contributed by atoms with Crippen LogP contribution in [0.25, 0.3) is 11.3 Å². The van der Waals surface area contributed by atoms with Gasteiger partial charge < -0.3 is 10.1 Å². The number of methoxy groups -OCH3 is 1. The zero-order valence-electron chi connectivity index (χ0n) is 19.9. The van der Waals surface area contributed by atoms with Crippen molar-refractivity contribution < 1.29 is 17.9 Å². The summed E-state index contributed by atoms with van der Waals surface area (Å²) in [6.07, 6.45) is 2.33. The summed E-state index contributed by atoms with van der Waals surface area (Å²) in [4.78, 5) is 25.4. The van der Waals surface area contributed by atoms with Crippen molar-refractivity contribution in [3.63, 3.8) is 0 Å². The van der Waals surface area contributed by atoms with Crippen molar-refractivity contribution in [2.45, 2.75) is 32.4 Å². The van der Waals surface area contributed by atoms with E-state index < -0.39 is 10.0 Å². The Balaban J connectivity index is 1.49. The molecule has 9 nitrogen and oxygen atoms in total. The van der Waals surface area contributed by atoms with Crippen LogP contribution >= 0.6 is 0 Å². The van der Waals surface area contributed by atoms with E-state index in [-0.39, 0.29) is 24.1 Å².